The number of nitrogens with zero attached hydrogens (tertiary/aromatic N) is 3. The second-order valence-corrected chi connectivity index (χ2v) is 4.59. The standard InChI is InChI=1S/C15H16N4O2/c1-3-7-16-14-12-13(19-21-15(12)18-9-17-14)10-5-4-6-11(8-10)20-2/h4-6,8-9H,3,7H2,1-2H3,(H,16,17,18). The predicted molar refractivity (Wildman–Crippen MR) is 80.4 cm³/mol. The Morgan fingerprint density at radius 1 is 1.29 bits per heavy atom. The van der Waals surface area contributed by atoms with Crippen molar-refractivity contribution in [2.45, 2.75) is 13.3 Å². The van der Waals surface area contributed by atoms with Crippen LogP contribution in [0.25, 0.3) is 22.4 Å². The molecule has 0 fully saturated rings. The minimum Gasteiger partial charge on any atom is -0.497 e. The van der Waals surface area contributed by atoms with Gasteiger partial charge in [-0.1, -0.05) is 24.2 Å². The molecule has 6 heteroatoms. The third-order valence-corrected chi connectivity index (χ3v) is 3.16. The van der Waals surface area contributed by atoms with Crippen LogP contribution in [0.2, 0.25) is 0 Å². The van der Waals surface area contributed by atoms with Gasteiger partial charge in [-0.05, 0) is 18.6 Å². The summed E-state index contributed by atoms with van der Waals surface area (Å²) in [5.74, 6) is 1.50. The molecule has 0 unspecified atom stereocenters. The monoisotopic (exact) mass is 284 g/mol. The van der Waals surface area contributed by atoms with Gasteiger partial charge in [0.05, 0.1) is 7.11 Å². The van der Waals surface area contributed by atoms with Crippen LogP contribution in [0.15, 0.2) is 35.1 Å². The summed E-state index contributed by atoms with van der Waals surface area (Å²) in [6, 6.07) is 7.67. The van der Waals surface area contributed by atoms with Crippen molar-refractivity contribution in [3.63, 3.8) is 0 Å². The minimum atomic E-state index is 0.474. The van der Waals surface area contributed by atoms with Gasteiger partial charge in [-0.25, -0.2) is 4.98 Å². The fraction of sp³-hybridized carbons (Fsp3) is 0.267. The molecule has 0 radical (unpaired) electrons. The summed E-state index contributed by atoms with van der Waals surface area (Å²) in [6.45, 7) is 2.93. The fourth-order valence-corrected chi connectivity index (χ4v) is 2.13. The van der Waals surface area contributed by atoms with E-state index in [4.69, 9.17) is 9.26 Å². The molecule has 1 N–H and O–H groups in total. The molecule has 0 saturated carbocycles. The summed E-state index contributed by atoms with van der Waals surface area (Å²) in [6.07, 6.45) is 2.48. The Morgan fingerprint density at radius 3 is 3.00 bits per heavy atom. The Labute approximate surface area is 122 Å². The largest absolute Gasteiger partial charge is 0.497 e. The zero-order valence-electron chi connectivity index (χ0n) is 12.0. The first-order chi connectivity index (χ1) is 10.3. The summed E-state index contributed by atoms with van der Waals surface area (Å²) in [5.41, 5.74) is 2.09. The summed E-state index contributed by atoms with van der Waals surface area (Å²) >= 11 is 0. The van der Waals surface area contributed by atoms with Crippen LogP contribution < -0.4 is 10.1 Å². The lowest BCUT2D eigenvalue weighted by atomic mass is 10.1. The van der Waals surface area contributed by atoms with Crippen LogP contribution in [0.5, 0.6) is 5.75 Å². The molecule has 3 aromatic rings. The lowest BCUT2D eigenvalue weighted by Gasteiger charge is -2.05. The Kier molecular flexibility index (Phi) is 3.68. The van der Waals surface area contributed by atoms with Gasteiger partial charge in [0.25, 0.3) is 5.71 Å². The number of hydrogen-bond donors (Lipinski definition) is 1. The van der Waals surface area contributed by atoms with Gasteiger partial charge in [0.15, 0.2) is 0 Å². The molecular formula is C15H16N4O2. The highest BCUT2D eigenvalue weighted by Crippen LogP contribution is 2.32. The third-order valence-electron chi connectivity index (χ3n) is 3.16. The van der Waals surface area contributed by atoms with Gasteiger partial charge in [-0.15, -0.1) is 0 Å². The molecule has 0 amide bonds. The van der Waals surface area contributed by atoms with E-state index in [0.29, 0.717) is 11.4 Å². The van der Waals surface area contributed by atoms with Crippen LogP contribution in [0.4, 0.5) is 5.82 Å². The predicted octanol–water partition coefficient (Wildman–Crippen LogP) is 3.12. The average molecular weight is 284 g/mol. The smallest absolute Gasteiger partial charge is 0.263 e. The zero-order chi connectivity index (χ0) is 14.7. The Balaban J connectivity index is 2.13. The maximum Gasteiger partial charge on any atom is 0.263 e. The molecule has 0 atom stereocenters. The topological polar surface area (TPSA) is 73.1 Å². The number of benzene rings is 1. The van der Waals surface area contributed by atoms with Gasteiger partial charge in [-0.3, -0.25) is 0 Å². The van der Waals surface area contributed by atoms with Crippen LogP contribution >= 0.6 is 0 Å². The van der Waals surface area contributed by atoms with Crippen molar-refractivity contribution in [1.82, 2.24) is 15.1 Å². The zero-order valence-corrected chi connectivity index (χ0v) is 12.0. The molecule has 6 nitrogen and oxygen atoms in total. The normalized spacial score (nSPS) is 10.8. The van der Waals surface area contributed by atoms with Crippen LogP contribution in [-0.2, 0) is 0 Å². The Bertz CT molecular complexity index is 754. The second-order valence-electron chi connectivity index (χ2n) is 4.59. The number of rotatable bonds is 5. The molecule has 0 bridgehead atoms. The third kappa shape index (κ3) is 2.52. The molecule has 1 aromatic carbocycles. The first-order valence-corrected chi connectivity index (χ1v) is 6.82. The number of methoxy groups -OCH3 is 1. The molecule has 3 rings (SSSR count). The Hall–Kier alpha value is -2.63. The van der Waals surface area contributed by atoms with Crippen molar-refractivity contribution >= 4 is 16.9 Å². The van der Waals surface area contributed by atoms with Gasteiger partial charge < -0.3 is 14.6 Å². The van der Waals surface area contributed by atoms with E-state index in [9.17, 15) is 0 Å². The maximum absolute atomic E-state index is 5.32. The molecule has 2 heterocycles. The van der Waals surface area contributed by atoms with Gasteiger partial charge in [0, 0.05) is 12.1 Å². The molecule has 0 saturated heterocycles. The first-order valence-electron chi connectivity index (χ1n) is 6.82. The molecule has 0 aliphatic rings. The number of fused-ring (bicyclic) bond motifs is 1. The van der Waals surface area contributed by atoms with Crippen LogP contribution in [0.1, 0.15) is 13.3 Å². The lowest BCUT2D eigenvalue weighted by Crippen LogP contribution is -2.02. The summed E-state index contributed by atoms with van der Waals surface area (Å²) in [7, 11) is 1.64. The second kappa shape index (κ2) is 5.78. The van der Waals surface area contributed by atoms with E-state index < -0.39 is 0 Å². The summed E-state index contributed by atoms with van der Waals surface area (Å²) in [5, 5.41) is 8.21. The highest BCUT2D eigenvalue weighted by atomic mass is 16.5. The van der Waals surface area contributed by atoms with Crippen LogP contribution in [0.3, 0.4) is 0 Å². The van der Waals surface area contributed by atoms with Gasteiger partial charge >= 0.3 is 0 Å². The number of aromatic nitrogens is 3. The summed E-state index contributed by atoms with van der Waals surface area (Å²) in [4.78, 5) is 8.42. The van der Waals surface area contributed by atoms with Gasteiger partial charge in [-0.2, -0.15) is 4.98 Å². The Morgan fingerprint density at radius 2 is 2.19 bits per heavy atom. The average Bonchev–Trinajstić information content (AvgIpc) is 2.97. The maximum atomic E-state index is 5.32. The molecule has 108 valence electrons. The van der Waals surface area contributed by atoms with Crippen molar-refractivity contribution in [2.75, 3.05) is 19.0 Å². The quantitative estimate of drug-likeness (QED) is 0.776. The van der Waals surface area contributed by atoms with Gasteiger partial charge in [0.1, 0.15) is 29.0 Å². The van der Waals surface area contributed by atoms with E-state index in [1.54, 1.807) is 7.11 Å². The molecule has 0 aliphatic carbocycles. The SMILES string of the molecule is CCCNc1ncnc2onc(-c3cccc(OC)c3)c12. The van der Waals surface area contributed by atoms with Gasteiger partial charge in [0.2, 0.25) is 0 Å². The van der Waals surface area contributed by atoms with Crippen LogP contribution in [0, 0.1) is 0 Å². The van der Waals surface area contributed by atoms with Crippen molar-refractivity contribution in [1.29, 1.82) is 0 Å². The van der Waals surface area contributed by atoms with Crippen molar-refractivity contribution in [2.24, 2.45) is 0 Å². The van der Waals surface area contributed by atoms with E-state index in [1.165, 1.54) is 6.33 Å². The van der Waals surface area contributed by atoms with Crippen LogP contribution in [-0.4, -0.2) is 28.8 Å². The molecule has 2 aromatic heterocycles. The highest BCUT2D eigenvalue weighted by molar-refractivity contribution is 5.97. The first kappa shape index (κ1) is 13.4. The van der Waals surface area contributed by atoms with Crippen molar-refractivity contribution < 1.29 is 9.26 Å². The van der Waals surface area contributed by atoms with E-state index in [2.05, 4.69) is 27.4 Å². The van der Waals surface area contributed by atoms with Crippen molar-refractivity contribution in [3.8, 4) is 17.0 Å². The molecule has 0 spiro atoms. The fourth-order valence-electron chi connectivity index (χ4n) is 2.13. The molecule has 0 aliphatic heterocycles. The highest BCUT2D eigenvalue weighted by Gasteiger charge is 2.16. The molecule has 21 heavy (non-hydrogen) atoms. The minimum absolute atomic E-state index is 0.474. The molecular weight excluding hydrogens is 268 g/mol. The van der Waals surface area contributed by atoms with E-state index >= 15 is 0 Å². The number of hydrogen-bond acceptors (Lipinski definition) is 6. The van der Waals surface area contributed by atoms with E-state index in [-0.39, 0.29) is 0 Å². The number of nitrogens with one attached hydrogen (secondary N) is 1. The van der Waals surface area contributed by atoms with Crippen molar-refractivity contribution in [3.05, 3.63) is 30.6 Å². The van der Waals surface area contributed by atoms with E-state index in [1.807, 2.05) is 24.3 Å². The number of anilines is 1. The lowest BCUT2D eigenvalue weighted by molar-refractivity contribution is 0.415. The van der Waals surface area contributed by atoms with E-state index in [0.717, 1.165) is 35.5 Å². The number of ether oxygens (including phenoxy) is 1. The summed E-state index contributed by atoms with van der Waals surface area (Å²) < 4.78 is 10.6.